The van der Waals surface area contributed by atoms with Crippen molar-refractivity contribution in [2.45, 2.75) is 0 Å². The van der Waals surface area contributed by atoms with Crippen molar-refractivity contribution in [2.24, 2.45) is 0 Å². The molecule has 0 aliphatic rings. The molecule has 0 amide bonds. The Kier molecular flexibility index (Phi) is 5.14. The molecule has 0 saturated carbocycles. The molecule has 0 unspecified atom stereocenters. The number of para-hydroxylation sites is 1. The fourth-order valence-electron chi connectivity index (χ4n) is 5.95. The smallest absolute Gasteiger partial charge is 0.0810 e. The maximum atomic E-state index is 5.20. The summed E-state index contributed by atoms with van der Waals surface area (Å²) in [5.41, 5.74) is 7.62. The highest BCUT2D eigenvalue weighted by molar-refractivity contribution is 6.33. The summed E-state index contributed by atoms with van der Waals surface area (Å²) in [6.45, 7) is 0. The van der Waals surface area contributed by atoms with Gasteiger partial charge in [-0.15, -0.1) is 0 Å². The van der Waals surface area contributed by atoms with Gasteiger partial charge < -0.3 is 0 Å². The van der Waals surface area contributed by atoms with Gasteiger partial charge in [-0.2, -0.15) is 0 Å². The number of benzene rings is 5. The summed E-state index contributed by atoms with van der Waals surface area (Å²) < 4.78 is 0. The van der Waals surface area contributed by atoms with Crippen LogP contribution < -0.4 is 0 Å². The predicted octanol–water partition coefficient (Wildman–Crippen LogP) is 9.49. The minimum absolute atomic E-state index is 0.964. The highest BCUT2D eigenvalue weighted by Gasteiger charge is 2.18. The molecule has 40 heavy (non-hydrogen) atoms. The predicted molar refractivity (Wildman–Crippen MR) is 166 cm³/mol. The lowest BCUT2D eigenvalue weighted by molar-refractivity contribution is 1.31. The summed E-state index contributed by atoms with van der Waals surface area (Å²) in [6, 6.07) is 40.9. The van der Waals surface area contributed by atoms with Gasteiger partial charge in [-0.05, 0) is 74.1 Å². The van der Waals surface area contributed by atoms with Crippen LogP contribution in [0.2, 0.25) is 0 Å². The highest BCUT2D eigenvalue weighted by Crippen LogP contribution is 2.43. The Labute approximate surface area is 231 Å². The first-order valence-electron chi connectivity index (χ1n) is 13.4. The van der Waals surface area contributed by atoms with Gasteiger partial charge in [0.2, 0.25) is 0 Å². The van der Waals surface area contributed by atoms with Crippen LogP contribution in [0, 0.1) is 0 Å². The zero-order chi connectivity index (χ0) is 26.5. The van der Waals surface area contributed by atoms with E-state index in [2.05, 4.69) is 113 Å². The van der Waals surface area contributed by atoms with Crippen molar-refractivity contribution in [3.8, 4) is 33.5 Å². The van der Waals surface area contributed by atoms with Crippen molar-refractivity contribution in [3.63, 3.8) is 0 Å². The van der Waals surface area contributed by atoms with Crippen LogP contribution in [0.1, 0.15) is 0 Å². The Morgan fingerprint density at radius 2 is 0.975 bits per heavy atom. The Morgan fingerprint density at radius 3 is 1.70 bits per heavy atom. The van der Waals surface area contributed by atoms with Crippen LogP contribution in [0.15, 0.2) is 140 Å². The molecule has 0 bridgehead atoms. The number of rotatable bonds is 3. The lowest BCUT2D eigenvalue weighted by Gasteiger charge is -2.17. The second-order valence-corrected chi connectivity index (χ2v) is 10.1. The van der Waals surface area contributed by atoms with Gasteiger partial charge >= 0.3 is 0 Å². The van der Waals surface area contributed by atoms with Crippen molar-refractivity contribution < 1.29 is 0 Å². The van der Waals surface area contributed by atoms with E-state index in [0.717, 1.165) is 27.9 Å². The molecule has 0 saturated heterocycles. The van der Waals surface area contributed by atoms with Crippen molar-refractivity contribution in [1.82, 2.24) is 15.0 Å². The monoisotopic (exact) mass is 509 g/mol. The van der Waals surface area contributed by atoms with Gasteiger partial charge in [0.05, 0.1) is 11.2 Å². The van der Waals surface area contributed by atoms with Gasteiger partial charge in [0.15, 0.2) is 0 Å². The van der Waals surface area contributed by atoms with Crippen LogP contribution in [-0.2, 0) is 0 Å². The van der Waals surface area contributed by atoms with E-state index in [4.69, 9.17) is 4.98 Å². The maximum Gasteiger partial charge on any atom is 0.0810 e. The molecule has 0 atom stereocenters. The fraction of sp³-hybridized carbons (Fsp3) is 0. The van der Waals surface area contributed by atoms with Gasteiger partial charge in [-0.3, -0.25) is 9.97 Å². The number of pyridine rings is 3. The third-order valence-electron chi connectivity index (χ3n) is 7.82. The average Bonchev–Trinajstić information content (AvgIpc) is 3.05. The minimum Gasteiger partial charge on any atom is -0.264 e. The molecule has 3 heteroatoms. The lowest BCUT2D eigenvalue weighted by Crippen LogP contribution is -1.93. The summed E-state index contributed by atoms with van der Waals surface area (Å²) >= 11 is 0. The standard InChI is InChI=1S/C37H23N3/c1-2-10-30-29(9-1)33-21-26(24-13-15-25(16-14-24)27-7-5-19-38-22-27)17-18-31(33)36-35(30)32-11-3-4-12-34(32)40-37(36)28-8-6-20-39-23-28/h1-23H. The summed E-state index contributed by atoms with van der Waals surface area (Å²) in [6.07, 6.45) is 7.43. The highest BCUT2D eigenvalue weighted by atomic mass is 14.7. The fourth-order valence-corrected chi connectivity index (χ4v) is 5.95. The van der Waals surface area contributed by atoms with Crippen molar-refractivity contribution >= 4 is 43.2 Å². The molecule has 8 aromatic rings. The number of aromatic nitrogens is 3. The maximum absolute atomic E-state index is 5.20. The molecule has 0 aliphatic heterocycles. The largest absolute Gasteiger partial charge is 0.264 e. The second kappa shape index (κ2) is 9.11. The quantitative estimate of drug-likeness (QED) is 0.223. The molecular formula is C37H23N3. The third-order valence-corrected chi connectivity index (χ3v) is 7.82. The molecule has 8 rings (SSSR count). The van der Waals surface area contributed by atoms with E-state index >= 15 is 0 Å². The first-order valence-corrected chi connectivity index (χ1v) is 13.4. The second-order valence-electron chi connectivity index (χ2n) is 10.1. The Bertz CT molecular complexity index is 2190. The van der Waals surface area contributed by atoms with E-state index in [1.165, 1.54) is 48.8 Å². The van der Waals surface area contributed by atoms with Crippen LogP contribution in [0.5, 0.6) is 0 Å². The van der Waals surface area contributed by atoms with Crippen molar-refractivity contribution in [1.29, 1.82) is 0 Å². The van der Waals surface area contributed by atoms with Crippen molar-refractivity contribution in [2.75, 3.05) is 0 Å². The molecule has 186 valence electrons. The number of hydrogen-bond acceptors (Lipinski definition) is 3. The Balaban J connectivity index is 1.44. The zero-order valence-electron chi connectivity index (χ0n) is 21.6. The minimum atomic E-state index is 0.964. The van der Waals surface area contributed by atoms with Gasteiger partial charge in [0.1, 0.15) is 0 Å². The van der Waals surface area contributed by atoms with Crippen molar-refractivity contribution in [3.05, 3.63) is 140 Å². The van der Waals surface area contributed by atoms with Gasteiger partial charge in [-0.1, -0.05) is 84.9 Å². The van der Waals surface area contributed by atoms with E-state index < -0.39 is 0 Å². The van der Waals surface area contributed by atoms with E-state index in [9.17, 15) is 0 Å². The lowest BCUT2D eigenvalue weighted by atomic mass is 9.88. The normalized spacial score (nSPS) is 11.5. The molecule has 3 aromatic heterocycles. The number of nitrogens with zero attached hydrogens (tertiary/aromatic N) is 3. The van der Waals surface area contributed by atoms with Crippen LogP contribution in [0.4, 0.5) is 0 Å². The third kappa shape index (κ3) is 3.56. The van der Waals surface area contributed by atoms with Gasteiger partial charge in [0, 0.05) is 46.5 Å². The molecular weight excluding hydrogens is 486 g/mol. The Morgan fingerprint density at radius 1 is 0.375 bits per heavy atom. The molecule has 3 nitrogen and oxygen atoms in total. The van der Waals surface area contributed by atoms with Crippen LogP contribution in [-0.4, -0.2) is 15.0 Å². The first kappa shape index (κ1) is 22.6. The molecule has 0 N–H and O–H groups in total. The molecule has 0 fully saturated rings. The van der Waals surface area contributed by atoms with Gasteiger partial charge in [-0.25, -0.2) is 4.98 Å². The number of hydrogen-bond donors (Lipinski definition) is 0. The van der Waals surface area contributed by atoms with E-state index in [1.54, 1.807) is 6.20 Å². The SMILES string of the molecule is c1cncc(-c2ccc(-c3ccc4c(c3)c3ccccc3c3c5ccccc5nc(-c5cccnc5)c43)cc2)c1. The molecule has 0 radical (unpaired) electrons. The summed E-state index contributed by atoms with van der Waals surface area (Å²) in [7, 11) is 0. The zero-order valence-corrected chi connectivity index (χ0v) is 21.6. The summed E-state index contributed by atoms with van der Waals surface area (Å²) in [4.78, 5) is 13.9. The summed E-state index contributed by atoms with van der Waals surface area (Å²) in [5, 5.41) is 8.46. The van der Waals surface area contributed by atoms with Crippen LogP contribution in [0.25, 0.3) is 76.7 Å². The molecule has 0 spiro atoms. The molecule has 0 aliphatic carbocycles. The van der Waals surface area contributed by atoms with Crippen LogP contribution >= 0.6 is 0 Å². The van der Waals surface area contributed by atoms with E-state index in [0.29, 0.717) is 0 Å². The Hall–Kier alpha value is -5.41. The molecule has 3 heterocycles. The topological polar surface area (TPSA) is 38.7 Å². The number of fused-ring (bicyclic) bond motifs is 8. The molecule has 5 aromatic carbocycles. The summed E-state index contributed by atoms with van der Waals surface area (Å²) in [5.74, 6) is 0. The van der Waals surface area contributed by atoms with Crippen LogP contribution in [0.3, 0.4) is 0 Å². The van der Waals surface area contributed by atoms with E-state index in [1.807, 2.05) is 30.7 Å². The van der Waals surface area contributed by atoms with Gasteiger partial charge in [0.25, 0.3) is 0 Å². The van der Waals surface area contributed by atoms with E-state index in [-0.39, 0.29) is 0 Å². The average molecular weight is 510 g/mol. The first-order chi connectivity index (χ1) is 19.8.